The van der Waals surface area contributed by atoms with Crippen molar-refractivity contribution in [2.45, 2.75) is 33.6 Å². The molecule has 1 fully saturated rings. The Labute approximate surface area is 113 Å². The van der Waals surface area contributed by atoms with E-state index in [0.717, 1.165) is 11.4 Å². The van der Waals surface area contributed by atoms with Gasteiger partial charge in [0.05, 0.1) is 5.92 Å². The molecule has 0 aliphatic carbocycles. The van der Waals surface area contributed by atoms with E-state index in [1.165, 1.54) is 0 Å². The molecular weight excluding hydrogens is 242 g/mol. The summed E-state index contributed by atoms with van der Waals surface area (Å²) >= 11 is 0. The average Bonchev–Trinajstić information content (AvgIpc) is 2.70. The Balaban J connectivity index is 2.26. The van der Waals surface area contributed by atoms with E-state index in [-0.39, 0.29) is 11.8 Å². The molecule has 0 radical (unpaired) electrons. The number of carboxylic acids is 1. The third-order valence-electron chi connectivity index (χ3n) is 3.67. The topological polar surface area (TPSA) is 66.3 Å². The number of aliphatic carboxylic acids is 1. The third-order valence-corrected chi connectivity index (χ3v) is 3.67. The van der Waals surface area contributed by atoms with Gasteiger partial charge in [-0.25, -0.2) is 9.97 Å². The first-order valence-corrected chi connectivity index (χ1v) is 6.71. The highest BCUT2D eigenvalue weighted by molar-refractivity contribution is 5.72. The van der Waals surface area contributed by atoms with Crippen molar-refractivity contribution in [3.05, 3.63) is 17.5 Å². The van der Waals surface area contributed by atoms with E-state index in [2.05, 4.69) is 23.8 Å². The van der Waals surface area contributed by atoms with Crippen molar-refractivity contribution >= 4 is 11.9 Å². The van der Waals surface area contributed by atoms with Crippen LogP contribution in [0.3, 0.4) is 0 Å². The van der Waals surface area contributed by atoms with Crippen LogP contribution in [0.5, 0.6) is 0 Å². The van der Waals surface area contributed by atoms with Crippen molar-refractivity contribution < 1.29 is 9.90 Å². The normalized spacial score (nSPS) is 23.1. The summed E-state index contributed by atoms with van der Waals surface area (Å²) in [5.74, 6) is 0.0810. The van der Waals surface area contributed by atoms with Crippen LogP contribution in [0.25, 0.3) is 0 Å². The van der Waals surface area contributed by atoms with E-state index >= 15 is 0 Å². The van der Waals surface area contributed by atoms with Gasteiger partial charge in [0.2, 0.25) is 5.95 Å². The molecule has 19 heavy (non-hydrogen) atoms. The molecule has 0 bridgehead atoms. The molecule has 0 spiro atoms. The number of aromatic nitrogens is 2. The van der Waals surface area contributed by atoms with E-state index in [1.54, 1.807) is 0 Å². The largest absolute Gasteiger partial charge is 0.481 e. The standard InChI is InChI=1S/C14H21N3O2/c1-8(2)12-5-10(4)15-14(16-12)17-6-9(3)11(7-17)13(18)19/h5,8-9,11H,6-7H2,1-4H3,(H,18,19)/t9-,11-/m1/s1. The monoisotopic (exact) mass is 263 g/mol. The highest BCUT2D eigenvalue weighted by Gasteiger charge is 2.36. The van der Waals surface area contributed by atoms with Gasteiger partial charge in [-0.1, -0.05) is 20.8 Å². The maximum absolute atomic E-state index is 11.2. The number of carbonyl (C=O) groups is 1. The Morgan fingerprint density at radius 1 is 1.42 bits per heavy atom. The van der Waals surface area contributed by atoms with Gasteiger partial charge in [-0.3, -0.25) is 4.79 Å². The first kappa shape index (κ1) is 13.8. The second-order valence-corrected chi connectivity index (χ2v) is 5.72. The van der Waals surface area contributed by atoms with Gasteiger partial charge in [-0.05, 0) is 24.8 Å². The van der Waals surface area contributed by atoms with Crippen molar-refractivity contribution in [2.24, 2.45) is 11.8 Å². The first-order chi connectivity index (χ1) is 8.88. The molecule has 2 atom stereocenters. The van der Waals surface area contributed by atoms with E-state index in [9.17, 15) is 9.90 Å². The molecule has 0 unspecified atom stereocenters. The van der Waals surface area contributed by atoms with Crippen LogP contribution < -0.4 is 4.90 Å². The van der Waals surface area contributed by atoms with Gasteiger partial charge < -0.3 is 10.0 Å². The van der Waals surface area contributed by atoms with Gasteiger partial charge in [-0.2, -0.15) is 0 Å². The van der Waals surface area contributed by atoms with E-state index in [0.29, 0.717) is 25.0 Å². The molecule has 1 N–H and O–H groups in total. The molecule has 2 rings (SSSR count). The quantitative estimate of drug-likeness (QED) is 0.904. The van der Waals surface area contributed by atoms with Gasteiger partial charge in [0.1, 0.15) is 0 Å². The number of carboxylic acid groups (broad SMARTS) is 1. The number of rotatable bonds is 3. The molecule has 1 aromatic heterocycles. The van der Waals surface area contributed by atoms with Gasteiger partial charge in [0, 0.05) is 24.5 Å². The van der Waals surface area contributed by atoms with Crippen LogP contribution >= 0.6 is 0 Å². The lowest BCUT2D eigenvalue weighted by Crippen LogP contribution is -2.25. The lowest BCUT2D eigenvalue weighted by molar-refractivity contribution is -0.142. The predicted molar refractivity (Wildman–Crippen MR) is 73.4 cm³/mol. The van der Waals surface area contributed by atoms with Crippen molar-refractivity contribution in [1.82, 2.24) is 9.97 Å². The summed E-state index contributed by atoms with van der Waals surface area (Å²) in [6.07, 6.45) is 0. The minimum Gasteiger partial charge on any atom is -0.481 e. The zero-order valence-electron chi connectivity index (χ0n) is 11.9. The molecule has 1 aromatic rings. The molecule has 1 saturated heterocycles. The first-order valence-electron chi connectivity index (χ1n) is 6.71. The molecule has 5 heteroatoms. The van der Waals surface area contributed by atoms with Crippen molar-refractivity contribution in [1.29, 1.82) is 0 Å². The van der Waals surface area contributed by atoms with Crippen LogP contribution in [0.2, 0.25) is 0 Å². The third kappa shape index (κ3) is 2.85. The second-order valence-electron chi connectivity index (χ2n) is 5.72. The fourth-order valence-electron chi connectivity index (χ4n) is 2.47. The summed E-state index contributed by atoms with van der Waals surface area (Å²) in [7, 11) is 0. The molecule has 1 aliphatic rings. The molecular formula is C14H21N3O2. The molecule has 5 nitrogen and oxygen atoms in total. The maximum Gasteiger partial charge on any atom is 0.308 e. The van der Waals surface area contributed by atoms with Crippen LogP contribution in [-0.2, 0) is 4.79 Å². The molecule has 0 amide bonds. The zero-order valence-corrected chi connectivity index (χ0v) is 11.9. The summed E-state index contributed by atoms with van der Waals surface area (Å²) in [6.45, 7) is 9.31. The molecule has 104 valence electrons. The number of aryl methyl sites for hydroxylation is 1. The highest BCUT2D eigenvalue weighted by Crippen LogP contribution is 2.27. The fraction of sp³-hybridized carbons (Fsp3) is 0.643. The summed E-state index contributed by atoms with van der Waals surface area (Å²) in [5, 5.41) is 9.18. The minimum absolute atomic E-state index is 0.129. The average molecular weight is 263 g/mol. The van der Waals surface area contributed by atoms with Gasteiger partial charge in [-0.15, -0.1) is 0 Å². The number of hydrogen-bond donors (Lipinski definition) is 1. The van der Waals surface area contributed by atoms with Crippen LogP contribution in [0.15, 0.2) is 6.07 Å². The van der Waals surface area contributed by atoms with E-state index in [4.69, 9.17) is 0 Å². The predicted octanol–water partition coefficient (Wildman–Crippen LogP) is 2.07. The van der Waals surface area contributed by atoms with Gasteiger partial charge >= 0.3 is 5.97 Å². The van der Waals surface area contributed by atoms with Crippen LogP contribution in [0.1, 0.15) is 38.1 Å². The molecule has 0 aromatic carbocycles. The van der Waals surface area contributed by atoms with Crippen molar-refractivity contribution in [3.63, 3.8) is 0 Å². The van der Waals surface area contributed by atoms with Gasteiger partial charge in [0.25, 0.3) is 0 Å². The number of hydrogen-bond acceptors (Lipinski definition) is 4. The zero-order chi connectivity index (χ0) is 14.2. The van der Waals surface area contributed by atoms with Crippen molar-refractivity contribution in [2.75, 3.05) is 18.0 Å². The van der Waals surface area contributed by atoms with Crippen LogP contribution in [0.4, 0.5) is 5.95 Å². The molecule has 1 aliphatic heterocycles. The van der Waals surface area contributed by atoms with Crippen molar-refractivity contribution in [3.8, 4) is 0 Å². The maximum atomic E-state index is 11.2. The Hall–Kier alpha value is -1.65. The molecule has 2 heterocycles. The lowest BCUT2D eigenvalue weighted by atomic mass is 9.99. The lowest BCUT2D eigenvalue weighted by Gasteiger charge is -2.18. The van der Waals surface area contributed by atoms with E-state index < -0.39 is 5.97 Å². The summed E-state index contributed by atoms with van der Waals surface area (Å²) in [6, 6.07) is 1.99. The number of anilines is 1. The Kier molecular flexibility index (Phi) is 3.73. The van der Waals surface area contributed by atoms with E-state index in [1.807, 2.05) is 24.8 Å². The van der Waals surface area contributed by atoms with Crippen LogP contribution in [0, 0.1) is 18.8 Å². The highest BCUT2D eigenvalue weighted by atomic mass is 16.4. The summed E-state index contributed by atoms with van der Waals surface area (Å²) < 4.78 is 0. The fourth-order valence-corrected chi connectivity index (χ4v) is 2.47. The van der Waals surface area contributed by atoms with Gasteiger partial charge in [0.15, 0.2) is 0 Å². The number of nitrogens with zero attached hydrogens (tertiary/aromatic N) is 3. The summed E-state index contributed by atoms with van der Waals surface area (Å²) in [4.78, 5) is 22.2. The Morgan fingerprint density at radius 2 is 2.11 bits per heavy atom. The second kappa shape index (κ2) is 5.15. The SMILES string of the molecule is Cc1cc(C(C)C)nc(N2C[C@@H](C)[C@H](C(=O)O)C2)n1. The Morgan fingerprint density at radius 3 is 2.63 bits per heavy atom. The smallest absolute Gasteiger partial charge is 0.308 e. The molecule has 0 saturated carbocycles. The summed E-state index contributed by atoms with van der Waals surface area (Å²) in [5.41, 5.74) is 1.94. The minimum atomic E-state index is -0.730. The Bertz CT molecular complexity index is 488. The van der Waals surface area contributed by atoms with Crippen LogP contribution in [-0.4, -0.2) is 34.1 Å².